The molecule has 2 aromatic rings. The average Bonchev–Trinajstić information content (AvgIpc) is 2.56. The van der Waals surface area contributed by atoms with Crippen molar-refractivity contribution in [3.63, 3.8) is 0 Å². The number of rotatable bonds is 3. The van der Waals surface area contributed by atoms with Gasteiger partial charge in [-0.25, -0.2) is 0 Å². The summed E-state index contributed by atoms with van der Waals surface area (Å²) < 4.78 is 0. The van der Waals surface area contributed by atoms with E-state index in [9.17, 15) is 0 Å². The molecular weight excluding hydrogens is 360 g/mol. The Bertz CT molecular complexity index is 728. The minimum atomic E-state index is 0.105. The molecule has 0 atom stereocenters. The van der Waals surface area contributed by atoms with Crippen LogP contribution in [0.25, 0.3) is 0 Å². The summed E-state index contributed by atoms with van der Waals surface area (Å²) in [5, 5.41) is 0. The zero-order valence-corrected chi connectivity index (χ0v) is 21.7. The standard InChI is InChI=1S/C30H44/c1-27(2,3)23-15-21(16-24(19-23)28(4,5)6)13-14-22-17-25(29(7,8)9)20-26(18-22)30(10,11)12/h15,17,19-20H,13-14H2,1-12H3. The maximum Gasteiger partial charge on any atom is -0.0108 e. The number of hydrogen-bond acceptors (Lipinski definition) is 0. The van der Waals surface area contributed by atoms with Gasteiger partial charge in [-0.05, 0) is 80.0 Å². The van der Waals surface area contributed by atoms with Crippen LogP contribution in [0.2, 0.25) is 0 Å². The Morgan fingerprint density at radius 3 is 1.00 bits per heavy atom. The first-order valence-electron chi connectivity index (χ1n) is 11.5. The third kappa shape index (κ3) is 6.47. The van der Waals surface area contributed by atoms with Crippen LogP contribution in [-0.2, 0) is 34.5 Å². The Balaban J connectivity index is 2.43. The van der Waals surface area contributed by atoms with E-state index in [1.165, 1.54) is 33.4 Å². The largest absolute Gasteiger partial charge is 0.0561 e. The summed E-state index contributed by atoms with van der Waals surface area (Å²) in [4.78, 5) is 0. The maximum absolute atomic E-state index is 3.74. The first-order valence-corrected chi connectivity index (χ1v) is 11.5. The van der Waals surface area contributed by atoms with Crippen molar-refractivity contribution in [2.45, 2.75) is 118 Å². The molecule has 2 rings (SSSR count). The van der Waals surface area contributed by atoms with E-state index < -0.39 is 0 Å². The fourth-order valence-electron chi connectivity index (χ4n) is 3.47. The highest BCUT2D eigenvalue weighted by Gasteiger charge is 2.22. The molecule has 0 N–H and O–H groups in total. The molecule has 0 heteroatoms. The summed E-state index contributed by atoms with van der Waals surface area (Å²) >= 11 is 0. The van der Waals surface area contributed by atoms with Gasteiger partial charge in [0, 0.05) is 0 Å². The summed E-state index contributed by atoms with van der Waals surface area (Å²) in [6.07, 6.45) is 2.00. The van der Waals surface area contributed by atoms with Crippen LogP contribution < -0.4 is 0 Å². The average molecular weight is 405 g/mol. The van der Waals surface area contributed by atoms with Crippen LogP contribution in [0.4, 0.5) is 0 Å². The van der Waals surface area contributed by atoms with Crippen LogP contribution in [0.15, 0.2) is 24.3 Å². The van der Waals surface area contributed by atoms with E-state index in [1.54, 1.807) is 0 Å². The summed E-state index contributed by atoms with van der Waals surface area (Å²) in [5.41, 5.74) is 8.57. The first-order chi connectivity index (χ1) is 13.4. The second-order valence-electron chi connectivity index (χ2n) is 13.1. The molecule has 30 heavy (non-hydrogen) atoms. The Morgan fingerprint density at radius 2 is 0.767 bits per heavy atom. The smallest absolute Gasteiger partial charge is 0.0108 e. The van der Waals surface area contributed by atoms with E-state index in [0.29, 0.717) is 0 Å². The van der Waals surface area contributed by atoms with Crippen LogP contribution in [0.5, 0.6) is 0 Å². The molecule has 0 aliphatic heterocycles. The summed E-state index contributed by atoms with van der Waals surface area (Å²) in [6, 6.07) is 16.9. The summed E-state index contributed by atoms with van der Waals surface area (Å²) in [5.74, 6) is 0. The number of benzene rings is 2. The van der Waals surface area contributed by atoms with Gasteiger partial charge < -0.3 is 0 Å². The topological polar surface area (TPSA) is 0 Å². The lowest BCUT2D eigenvalue weighted by Gasteiger charge is -2.27. The molecule has 164 valence electrons. The van der Waals surface area contributed by atoms with Crippen molar-refractivity contribution in [1.29, 1.82) is 0 Å². The van der Waals surface area contributed by atoms with E-state index in [2.05, 4.69) is 119 Å². The highest BCUT2D eigenvalue weighted by Crippen LogP contribution is 2.32. The third-order valence-corrected chi connectivity index (χ3v) is 5.86. The van der Waals surface area contributed by atoms with Gasteiger partial charge in [0.2, 0.25) is 0 Å². The monoisotopic (exact) mass is 404 g/mol. The zero-order valence-electron chi connectivity index (χ0n) is 21.7. The van der Waals surface area contributed by atoms with Crippen molar-refractivity contribution in [2.75, 3.05) is 0 Å². The van der Waals surface area contributed by atoms with Gasteiger partial charge in [0.25, 0.3) is 0 Å². The highest BCUT2D eigenvalue weighted by atomic mass is 14.3. The Labute approximate surface area is 187 Å². The van der Waals surface area contributed by atoms with Crippen LogP contribution in [0, 0.1) is 12.1 Å². The van der Waals surface area contributed by atoms with E-state index in [1.807, 2.05) is 0 Å². The molecule has 2 radical (unpaired) electrons. The predicted octanol–water partition coefficient (Wildman–Crippen LogP) is 8.26. The number of hydrogen-bond donors (Lipinski definition) is 0. The Kier molecular flexibility index (Phi) is 6.73. The van der Waals surface area contributed by atoms with Gasteiger partial charge >= 0.3 is 0 Å². The second-order valence-corrected chi connectivity index (χ2v) is 13.1. The van der Waals surface area contributed by atoms with Gasteiger partial charge in [-0.1, -0.05) is 107 Å². The van der Waals surface area contributed by atoms with Gasteiger partial charge in [-0.2, -0.15) is 0 Å². The van der Waals surface area contributed by atoms with Crippen molar-refractivity contribution in [3.8, 4) is 0 Å². The van der Waals surface area contributed by atoms with Gasteiger partial charge in [0.15, 0.2) is 0 Å². The fourth-order valence-corrected chi connectivity index (χ4v) is 3.47. The van der Waals surface area contributed by atoms with Crippen LogP contribution >= 0.6 is 0 Å². The molecule has 0 unspecified atom stereocenters. The minimum Gasteiger partial charge on any atom is -0.0561 e. The van der Waals surface area contributed by atoms with Crippen molar-refractivity contribution in [2.24, 2.45) is 0 Å². The molecule has 0 saturated heterocycles. The van der Waals surface area contributed by atoms with E-state index in [-0.39, 0.29) is 21.7 Å². The van der Waals surface area contributed by atoms with Crippen molar-refractivity contribution in [1.82, 2.24) is 0 Å². The molecule has 0 aliphatic carbocycles. The maximum atomic E-state index is 3.74. The third-order valence-electron chi connectivity index (χ3n) is 5.86. The first kappa shape index (κ1) is 24.7. The fraction of sp³-hybridized carbons (Fsp3) is 0.600. The van der Waals surface area contributed by atoms with Gasteiger partial charge in [0.05, 0.1) is 0 Å². The van der Waals surface area contributed by atoms with Gasteiger partial charge in [0.1, 0.15) is 0 Å². The molecule has 0 heterocycles. The molecule has 0 aromatic heterocycles. The summed E-state index contributed by atoms with van der Waals surface area (Å²) in [7, 11) is 0. The SMILES string of the molecule is CC(C)(C)c1[c]c(CCc2[c]c(C(C)(C)C)cc(C(C)(C)C)c2)cc(C(C)(C)C)c1. The van der Waals surface area contributed by atoms with Crippen molar-refractivity contribution < 1.29 is 0 Å². The normalized spacial score (nSPS) is 13.6. The molecule has 0 fully saturated rings. The molecule has 0 nitrogen and oxygen atoms in total. The number of aryl methyl sites for hydroxylation is 2. The summed E-state index contributed by atoms with van der Waals surface area (Å²) in [6.45, 7) is 27.5. The second kappa shape index (κ2) is 8.18. The van der Waals surface area contributed by atoms with Crippen molar-refractivity contribution in [3.05, 3.63) is 69.8 Å². The lowest BCUT2D eigenvalue weighted by atomic mass is 9.78. The van der Waals surface area contributed by atoms with Gasteiger partial charge in [-0.3, -0.25) is 0 Å². The molecule has 0 spiro atoms. The lowest BCUT2D eigenvalue weighted by Crippen LogP contribution is -2.18. The quantitative estimate of drug-likeness (QED) is 0.483. The van der Waals surface area contributed by atoms with E-state index in [0.717, 1.165) is 12.8 Å². The Hall–Kier alpha value is -1.56. The van der Waals surface area contributed by atoms with E-state index >= 15 is 0 Å². The van der Waals surface area contributed by atoms with Crippen LogP contribution in [-0.4, -0.2) is 0 Å². The Morgan fingerprint density at radius 1 is 0.467 bits per heavy atom. The van der Waals surface area contributed by atoms with Crippen molar-refractivity contribution >= 4 is 0 Å². The molecule has 0 aliphatic rings. The van der Waals surface area contributed by atoms with Crippen LogP contribution in [0.3, 0.4) is 0 Å². The molecular formula is C30H44. The predicted molar refractivity (Wildman–Crippen MR) is 133 cm³/mol. The molecule has 2 aromatic carbocycles. The lowest BCUT2D eigenvalue weighted by molar-refractivity contribution is 0.564. The molecule has 0 bridgehead atoms. The highest BCUT2D eigenvalue weighted by molar-refractivity contribution is 5.39. The molecule has 0 amide bonds. The van der Waals surface area contributed by atoms with E-state index in [4.69, 9.17) is 0 Å². The van der Waals surface area contributed by atoms with Crippen LogP contribution in [0.1, 0.15) is 116 Å². The molecule has 0 saturated carbocycles. The zero-order chi connectivity index (χ0) is 23.1. The minimum absolute atomic E-state index is 0.105. The van der Waals surface area contributed by atoms with Gasteiger partial charge in [-0.15, -0.1) is 0 Å².